The van der Waals surface area contributed by atoms with Gasteiger partial charge in [-0.1, -0.05) is 18.2 Å². The van der Waals surface area contributed by atoms with Gasteiger partial charge < -0.3 is 14.9 Å². The van der Waals surface area contributed by atoms with Gasteiger partial charge in [0.05, 0.1) is 11.7 Å². The molecule has 1 N–H and O–H groups in total. The van der Waals surface area contributed by atoms with Crippen LogP contribution in [-0.2, 0) is 0 Å². The summed E-state index contributed by atoms with van der Waals surface area (Å²) < 4.78 is 14.3. The normalized spacial score (nSPS) is 14.7. The molecule has 0 unspecified atom stereocenters. The molecule has 8 heteroatoms. The molecule has 0 spiro atoms. The molecule has 1 aromatic carbocycles. The van der Waals surface area contributed by atoms with E-state index in [1.54, 1.807) is 6.20 Å². The standard InChI is InChI=1S/C18H16FN5O2/c19-14-11-21-17(23-5-7-24(8-6-23)18(25)26)22-16(14)13-9-12-3-1-2-4-15(12)20-10-13/h1-4,9-11H,5-8H2,(H,25,26). The van der Waals surface area contributed by atoms with E-state index >= 15 is 0 Å². The highest BCUT2D eigenvalue weighted by Gasteiger charge is 2.23. The number of amides is 1. The number of nitrogens with zero attached hydrogens (tertiary/aromatic N) is 5. The summed E-state index contributed by atoms with van der Waals surface area (Å²) in [6.45, 7) is 1.66. The van der Waals surface area contributed by atoms with Crippen molar-refractivity contribution in [1.29, 1.82) is 0 Å². The minimum absolute atomic E-state index is 0.189. The maximum atomic E-state index is 14.3. The highest BCUT2D eigenvalue weighted by molar-refractivity contribution is 5.82. The van der Waals surface area contributed by atoms with Crippen molar-refractivity contribution in [3.63, 3.8) is 0 Å². The maximum Gasteiger partial charge on any atom is 0.407 e. The Labute approximate surface area is 148 Å². The largest absolute Gasteiger partial charge is 0.465 e. The highest BCUT2D eigenvalue weighted by Crippen LogP contribution is 2.25. The SMILES string of the molecule is O=C(O)N1CCN(c2ncc(F)c(-c3cnc4ccccc4c3)n2)CC1. The van der Waals surface area contributed by atoms with Crippen molar-refractivity contribution in [3.8, 4) is 11.3 Å². The Morgan fingerprint density at radius 2 is 1.85 bits per heavy atom. The second-order valence-electron chi connectivity index (χ2n) is 6.04. The van der Waals surface area contributed by atoms with E-state index in [9.17, 15) is 9.18 Å². The number of benzene rings is 1. The van der Waals surface area contributed by atoms with E-state index in [0.29, 0.717) is 37.7 Å². The van der Waals surface area contributed by atoms with Crippen LogP contribution in [0.2, 0.25) is 0 Å². The molecule has 132 valence electrons. The monoisotopic (exact) mass is 353 g/mol. The number of pyridine rings is 1. The van der Waals surface area contributed by atoms with Crippen LogP contribution in [-0.4, -0.2) is 57.2 Å². The van der Waals surface area contributed by atoms with E-state index in [2.05, 4.69) is 15.0 Å². The fourth-order valence-electron chi connectivity index (χ4n) is 3.01. The van der Waals surface area contributed by atoms with Crippen LogP contribution >= 0.6 is 0 Å². The van der Waals surface area contributed by atoms with Gasteiger partial charge >= 0.3 is 6.09 Å². The molecule has 0 aliphatic carbocycles. The summed E-state index contributed by atoms with van der Waals surface area (Å²) in [7, 11) is 0. The Morgan fingerprint density at radius 3 is 2.62 bits per heavy atom. The fourth-order valence-corrected chi connectivity index (χ4v) is 3.01. The van der Waals surface area contributed by atoms with Crippen molar-refractivity contribution in [1.82, 2.24) is 19.9 Å². The smallest absolute Gasteiger partial charge is 0.407 e. The number of carboxylic acid groups (broad SMARTS) is 1. The van der Waals surface area contributed by atoms with E-state index in [1.165, 1.54) is 4.90 Å². The van der Waals surface area contributed by atoms with Crippen LogP contribution in [0, 0.1) is 5.82 Å². The van der Waals surface area contributed by atoms with Gasteiger partial charge in [-0.15, -0.1) is 0 Å². The van der Waals surface area contributed by atoms with Gasteiger partial charge in [-0.05, 0) is 12.1 Å². The molecule has 2 aromatic heterocycles. The molecule has 1 amide bonds. The van der Waals surface area contributed by atoms with Crippen LogP contribution in [0.5, 0.6) is 0 Å². The quantitative estimate of drug-likeness (QED) is 0.763. The van der Waals surface area contributed by atoms with Gasteiger partial charge in [0, 0.05) is 43.3 Å². The summed E-state index contributed by atoms with van der Waals surface area (Å²) in [5, 5.41) is 9.93. The second kappa shape index (κ2) is 6.55. The number of halogens is 1. The Morgan fingerprint density at radius 1 is 1.08 bits per heavy atom. The van der Waals surface area contributed by atoms with E-state index in [0.717, 1.165) is 17.1 Å². The molecule has 0 bridgehead atoms. The molecule has 1 fully saturated rings. The molecule has 0 saturated carbocycles. The minimum atomic E-state index is -0.937. The van der Waals surface area contributed by atoms with Gasteiger partial charge in [-0.3, -0.25) is 4.98 Å². The molecule has 0 atom stereocenters. The molecule has 1 aliphatic rings. The Hall–Kier alpha value is -3.29. The Balaban J connectivity index is 1.65. The number of hydrogen-bond acceptors (Lipinski definition) is 5. The fraction of sp³-hybridized carbons (Fsp3) is 0.222. The highest BCUT2D eigenvalue weighted by atomic mass is 19.1. The predicted octanol–water partition coefficient (Wildman–Crippen LogP) is 2.63. The van der Waals surface area contributed by atoms with E-state index < -0.39 is 11.9 Å². The summed E-state index contributed by atoms with van der Waals surface area (Å²) in [6.07, 6.45) is 1.81. The second-order valence-corrected chi connectivity index (χ2v) is 6.04. The Bertz CT molecular complexity index is 973. The van der Waals surface area contributed by atoms with Crippen molar-refractivity contribution in [2.45, 2.75) is 0 Å². The van der Waals surface area contributed by atoms with Crippen LogP contribution in [0.4, 0.5) is 15.1 Å². The van der Waals surface area contributed by atoms with Crippen LogP contribution in [0.15, 0.2) is 42.7 Å². The third-order valence-electron chi connectivity index (χ3n) is 4.43. The molecular weight excluding hydrogens is 337 g/mol. The van der Waals surface area contributed by atoms with Gasteiger partial charge in [0.15, 0.2) is 5.82 Å². The third kappa shape index (κ3) is 3.01. The first-order chi connectivity index (χ1) is 12.6. The number of anilines is 1. The molecule has 7 nitrogen and oxygen atoms in total. The third-order valence-corrected chi connectivity index (χ3v) is 4.43. The van der Waals surface area contributed by atoms with Gasteiger partial charge in [0.2, 0.25) is 5.95 Å². The average molecular weight is 353 g/mol. The molecule has 0 radical (unpaired) electrons. The van der Waals surface area contributed by atoms with Gasteiger partial charge in [-0.2, -0.15) is 0 Å². The van der Waals surface area contributed by atoms with E-state index in [1.807, 2.05) is 35.2 Å². The molecule has 1 saturated heterocycles. The number of rotatable bonds is 2. The van der Waals surface area contributed by atoms with Gasteiger partial charge in [0.25, 0.3) is 0 Å². The number of aromatic nitrogens is 3. The van der Waals surface area contributed by atoms with Crippen LogP contribution in [0.1, 0.15) is 0 Å². The summed E-state index contributed by atoms with van der Waals surface area (Å²) in [5.41, 5.74) is 1.60. The zero-order valence-electron chi connectivity index (χ0n) is 13.8. The van der Waals surface area contributed by atoms with E-state index in [-0.39, 0.29) is 5.69 Å². The first kappa shape index (κ1) is 16.2. The lowest BCUT2D eigenvalue weighted by molar-refractivity contribution is 0.142. The zero-order chi connectivity index (χ0) is 18.1. The summed E-state index contributed by atoms with van der Waals surface area (Å²) in [6, 6.07) is 9.45. The molecule has 1 aliphatic heterocycles. The van der Waals surface area contributed by atoms with E-state index in [4.69, 9.17) is 5.11 Å². The Kier molecular flexibility index (Phi) is 4.08. The number of fused-ring (bicyclic) bond motifs is 1. The summed E-state index contributed by atoms with van der Waals surface area (Å²) >= 11 is 0. The van der Waals surface area contributed by atoms with Gasteiger partial charge in [-0.25, -0.2) is 19.2 Å². The van der Waals surface area contributed by atoms with Crippen molar-refractivity contribution in [2.75, 3.05) is 31.1 Å². The number of para-hydroxylation sites is 1. The van der Waals surface area contributed by atoms with Crippen LogP contribution in [0.3, 0.4) is 0 Å². The molecule has 26 heavy (non-hydrogen) atoms. The van der Waals surface area contributed by atoms with Crippen molar-refractivity contribution >= 4 is 22.9 Å². The number of carbonyl (C=O) groups is 1. The first-order valence-electron chi connectivity index (χ1n) is 8.22. The predicted molar refractivity (Wildman–Crippen MR) is 94.5 cm³/mol. The van der Waals surface area contributed by atoms with Crippen LogP contribution in [0.25, 0.3) is 22.2 Å². The van der Waals surface area contributed by atoms with Gasteiger partial charge in [0.1, 0.15) is 5.69 Å². The molecule has 3 aromatic rings. The minimum Gasteiger partial charge on any atom is -0.465 e. The van der Waals surface area contributed by atoms with Crippen molar-refractivity contribution < 1.29 is 14.3 Å². The molecule has 3 heterocycles. The lowest BCUT2D eigenvalue weighted by atomic mass is 10.1. The zero-order valence-corrected chi connectivity index (χ0v) is 13.8. The molecule has 4 rings (SSSR count). The first-order valence-corrected chi connectivity index (χ1v) is 8.22. The topological polar surface area (TPSA) is 82.5 Å². The summed E-state index contributed by atoms with van der Waals surface area (Å²) in [5.74, 6) is -0.130. The maximum absolute atomic E-state index is 14.3. The number of hydrogen-bond donors (Lipinski definition) is 1. The van der Waals surface area contributed by atoms with Crippen LogP contribution < -0.4 is 4.90 Å². The van der Waals surface area contributed by atoms with Crippen molar-refractivity contribution in [2.24, 2.45) is 0 Å². The summed E-state index contributed by atoms with van der Waals surface area (Å²) in [4.78, 5) is 27.0. The lowest BCUT2D eigenvalue weighted by Gasteiger charge is -2.33. The number of piperazine rings is 1. The lowest BCUT2D eigenvalue weighted by Crippen LogP contribution is -2.48. The molecular formula is C18H16FN5O2. The average Bonchev–Trinajstić information content (AvgIpc) is 2.68. The van der Waals surface area contributed by atoms with Crippen molar-refractivity contribution in [3.05, 3.63) is 48.5 Å².